The maximum atomic E-state index is 11.5. The Morgan fingerprint density at radius 2 is 2.33 bits per heavy atom. The molecule has 1 atom stereocenters. The number of amides is 1. The summed E-state index contributed by atoms with van der Waals surface area (Å²) in [5.41, 5.74) is -0.359. The second kappa shape index (κ2) is 2.46. The monoisotopic (exact) mass is 169 g/mol. The molecule has 0 aromatic heterocycles. The van der Waals surface area contributed by atoms with Gasteiger partial charge < -0.3 is 9.64 Å². The summed E-state index contributed by atoms with van der Waals surface area (Å²) in [4.78, 5) is 13.5. The Morgan fingerprint density at radius 1 is 1.58 bits per heavy atom. The summed E-state index contributed by atoms with van der Waals surface area (Å²) in [7, 11) is 0. The van der Waals surface area contributed by atoms with Crippen molar-refractivity contribution in [3.63, 3.8) is 0 Å². The molecule has 0 aromatic rings. The molecule has 2 rings (SSSR count). The Bertz CT molecular complexity index is 213. The fraction of sp³-hybridized carbons (Fsp3) is 0.889. The van der Waals surface area contributed by atoms with Gasteiger partial charge in [0, 0.05) is 6.42 Å². The molecule has 0 spiro atoms. The van der Waals surface area contributed by atoms with Crippen molar-refractivity contribution >= 4 is 5.91 Å². The van der Waals surface area contributed by atoms with Crippen molar-refractivity contribution in [2.45, 2.75) is 44.9 Å². The van der Waals surface area contributed by atoms with Gasteiger partial charge >= 0.3 is 0 Å². The highest BCUT2D eigenvalue weighted by Crippen LogP contribution is 2.33. The quantitative estimate of drug-likeness (QED) is 0.544. The van der Waals surface area contributed by atoms with Crippen LogP contribution in [0.25, 0.3) is 0 Å². The molecule has 12 heavy (non-hydrogen) atoms. The minimum atomic E-state index is -0.359. The Kier molecular flexibility index (Phi) is 1.65. The summed E-state index contributed by atoms with van der Waals surface area (Å²) in [5, 5.41) is 0. The highest BCUT2D eigenvalue weighted by Gasteiger charge is 2.44. The molecule has 0 saturated carbocycles. The van der Waals surface area contributed by atoms with Crippen LogP contribution in [0.2, 0.25) is 0 Å². The van der Waals surface area contributed by atoms with Gasteiger partial charge in [0.05, 0.1) is 12.6 Å². The number of carbonyl (C=O) groups excluding carboxylic acids is 1. The third-order valence-electron chi connectivity index (χ3n) is 2.77. The van der Waals surface area contributed by atoms with E-state index in [-0.39, 0.29) is 11.6 Å². The molecule has 0 bridgehead atoms. The molecule has 0 unspecified atom stereocenters. The second-order valence-electron chi connectivity index (χ2n) is 4.07. The molecule has 0 N–H and O–H groups in total. The largest absolute Gasteiger partial charge is 0.354 e. The molecule has 68 valence electrons. The molecule has 2 aliphatic rings. The molecular formula is C9H15NO2. The Morgan fingerprint density at radius 3 is 3.00 bits per heavy atom. The van der Waals surface area contributed by atoms with E-state index in [1.807, 2.05) is 18.7 Å². The van der Waals surface area contributed by atoms with Crippen LogP contribution in [0.4, 0.5) is 0 Å². The van der Waals surface area contributed by atoms with Gasteiger partial charge in [-0.2, -0.15) is 0 Å². The first kappa shape index (κ1) is 8.05. The molecule has 3 heteroatoms. The van der Waals surface area contributed by atoms with Crippen LogP contribution in [0.1, 0.15) is 33.1 Å². The van der Waals surface area contributed by atoms with Crippen LogP contribution in [-0.4, -0.2) is 29.2 Å². The van der Waals surface area contributed by atoms with E-state index in [1.54, 1.807) is 0 Å². The minimum Gasteiger partial charge on any atom is -0.354 e. The van der Waals surface area contributed by atoms with Crippen molar-refractivity contribution in [2.75, 3.05) is 6.61 Å². The summed E-state index contributed by atoms with van der Waals surface area (Å²) < 4.78 is 5.56. The average molecular weight is 169 g/mol. The van der Waals surface area contributed by atoms with Crippen LogP contribution >= 0.6 is 0 Å². The Labute approximate surface area is 72.7 Å². The zero-order valence-corrected chi connectivity index (χ0v) is 7.67. The SMILES string of the molecule is CC1(C)OC[C@@H]2CCCC(=O)N21. The lowest BCUT2D eigenvalue weighted by Crippen LogP contribution is -2.49. The van der Waals surface area contributed by atoms with E-state index in [0.717, 1.165) is 19.4 Å². The van der Waals surface area contributed by atoms with Crippen LogP contribution < -0.4 is 0 Å². The van der Waals surface area contributed by atoms with Gasteiger partial charge in [-0.05, 0) is 26.7 Å². The molecule has 2 heterocycles. The second-order valence-corrected chi connectivity index (χ2v) is 4.07. The van der Waals surface area contributed by atoms with Gasteiger partial charge in [0.2, 0.25) is 5.91 Å². The number of fused-ring (bicyclic) bond motifs is 1. The van der Waals surface area contributed by atoms with Gasteiger partial charge in [0.25, 0.3) is 0 Å². The van der Waals surface area contributed by atoms with Crippen molar-refractivity contribution in [1.29, 1.82) is 0 Å². The number of piperidine rings is 1. The molecule has 2 saturated heterocycles. The van der Waals surface area contributed by atoms with Crippen molar-refractivity contribution in [1.82, 2.24) is 4.90 Å². The first-order valence-corrected chi connectivity index (χ1v) is 4.57. The van der Waals surface area contributed by atoms with E-state index < -0.39 is 0 Å². The number of carbonyl (C=O) groups is 1. The van der Waals surface area contributed by atoms with E-state index in [0.29, 0.717) is 12.5 Å². The molecule has 2 fully saturated rings. The zero-order chi connectivity index (χ0) is 8.77. The normalized spacial score (nSPS) is 33.7. The summed E-state index contributed by atoms with van der Waals surface area (Å²) in [6.45, 7) is 4.66. The van der Waals surface area contributed by atoms with Crippen molar-refractivity contribution in [3.8, 4) is 0 Å². The summed E-state index contributed by atoms with van der Waals surface area (Å²) >= 11 is 0. The van der Waals surface area contributed by atoms with Gasteiger partial charge in [-0.25, -0.2) is 0 Å². The third kappa shape index (κ3) is 1.04. The zero-order valence-electron chi connectivity index (χ0n) is 7.67. The Hall–Kier alpha value is -0.570. The first-order valence-electron chi connectivity index (χ1n) is 4.57. The lowest BCUT2D eigenvalue weighted by atomic mass is 10.0. The van der Waals surface area contributed by atoms with Crippen molar-refractivity contribution < 1.29 is 9.53 Å². The standard InChI is InChI=1S/C9H15NO2/c1-9(2)10-7(6-12-9)4-3-5-8(10)11/h7H,3-6H2,1-2H3/t7-/m0/s1. The predicted octanol–water partition coefficient (Wildman–Crippen LogP) is 1.13. The maximum absolute atomic E-state index is 11.5. The maximum Gasteiger partial charge on any atom is 0.225 e. The lowest BCUT2D eigenvalue weighted by Gasteiger charge is -2.36. The number of nitrogens with zero attached hydrogens (tertiary/aromatic N) is 1. The topological polar surface area (TPSA) is 29.5 Å². The smallest absolute Gasteiger partial charge is 0.225 e. The number of ether oxygens (including phenoxy) is 1. The summed E-state index contributed by atoms with van der Waals surface area (Å²) in [6.07, 6.45) is 2.83. The van der Waals surface area contributed by atoms with E-state index >= 15 is 0 Å². The molecule has 0 aromatic carbocycles. The van der Waals surface area contributed by atoms with E-state index in [4.69, 9.17) is 4.74 Å². The van der Waals surface area contributed by atoms with Crippen LogP contribution in [0.5, 0.6) is 0 Å². The fourth-order valence-electron chi connectivity index (χ4n) is 2.21. The van der Waals surface area contributed by atoms with Crippen LogP contribution in [0, 0.1) is 0 Å². The number of hydrogen-bond donors (Lipinski definition) is 0. The van der Waals surface area contributed by atoms with Gasteiger partial charge in [-0.1, -0.05) is 0 Å². The van der Waals surface area contributed by atoms with Crippen LogP contribution in [0.15, 0.2) is 0 Å². The molecular weight excluding hydrogens is 154 g/mol. The molecule has 1 amide bonds. The number of rotatable bonds is 0. The van der Waals surface area contributed by atoms with Gasteiger partial charge in [-0.3, -0.25) is 4.79 Å². The molecule has 3 nitrogen and oxygen atoms in total. The van der Waals surface area contributed by atoms with E-state index in [9.17, 15) is 4.79 Å². The average Bonchev–Trinajstić information content (AvgIpc) is 2.29. The predicted molar refractivity (Wildman–Crippen MR) is 44.5 cm³/mol. The first-order chi connectivity index (χ1) is 5.61. The third-order valence-corrected chi connectivity index (χ3v) is 2.77. The van der Waals surface area contributed by atoms with E-state index in [1.165, 1.54) is 0 Å². The van der Waals surface area contributed by atoms with Crippen molar-refractivity contribution in [2.24, 2.45) is 0 Å². The highest BCUT2D eigenvalue weighted by atomic mass is 16.5. The van der Waals surface area contributed by atoms with Crippen LogP contribution in [0.3, 0.4) is 0 Å². The highest BCUT2D eigenvalue weighted by molar-refractivity contribution is 5.78. The fourth-order valence-corrected chi connectivity index (χ4v) is 2.21. The summed E-state index contributed by atoms with van der Waals surface area (Å²) in [5.74, 6) is 0.258. The molecule has 0 radical (unpaired) electrons. The summed E-state index contributed by atoms with van der Waals surface area (Å²) in [6, 6.07) is 0.348. The number of hydrogen-bond acceptors (Lipinski definition) is 2. The van der Waals surface area contributed by atoms with Gasteiger partial charge in [0.15, 0.2) is 0 Å². The van der Waals surface area contributed by atoms with Gasteiger partial charge in [0.1, 0.15) is 5.72 Å². The van der Waals surface area contributed by atoms with Crippen LogP contribution in [-0.2, 0) is 9.53 Å². The van der Waals surface area contributed by atoms with Crippen molar-refractivity contribution in [3.05, 3.63) is 0 Å². The Balaban J connectivity index is 2.23. The molecule has 2 aliphatic heterocycles. The van der Waals surface area contributed by atoms with E-state index in [2.05, 4.69) is 0 Å². The molecule has 0 aliphatic carbocycles. The van der Waals surface area contributed by atoms with Gasteiger partial charge in [-0.15, -0.1) is 0 Å². The minimum absolute atomic E-state index is 0.258. The lowest BCUT2D eigenvalue weighted by molar-refractivity contribution is -0.148.